The van der Waals surface area contributed by atoms with E-state index in [1.54, 1.807) is 4.90 Å². The largest absolute Gasteiger partial charge is 0.481 e. The van der Waals surface area contributed by atoms with Crippen molar-refractivity contribution < 1.29 is 35.9 Å². The molecule has 0 radical (unpaired) electrons. The monoisotopic (exact) mass is 796 g/mol. The molecule has 11 heteroatoms. The van der Waals surface area contributed by atoms with E-state index in [0.29, 0.717) is 50.4 Å². The summed E-state index contributed by atoms with van der Waals surface area (Å²) in [5, 5.41) is 13.2. The molecule has 0 aromatic carbocycles. The van der Waals surface area contributed by atoms with Crippen LogP contribution in [0.2, 0.25) is 0 Å². The minimum atomic E-state index is -4.46. The molecule has 312 valence electrons. The van der Waals surface area contributed by atoms with Crippen LogP contribution in [0.15, 0.2) is 23.8 Å². The van der Waals surface area contributed by atoms with Crippen LogP contribution >= 0.6 is 0 Å². The maximum absolute atomic E-state index is 15.0. The van der Waals surface area contributed by atoms with Crippen LogP contribution in [0.4, 0.5) is 17.6 Å². The Labute approximate surface area is 328 Å². The van der Waals surface area contributed by atoms with Crippen LogP contribution in [-0.4, -0.2) is 80.0 Å². The third kappa shape index (κ3) is 6.51. The molecular formula is C44H68F4N2O4S. The summed E-state index contributed by atoms with van der Waals surface area (Å²) < 4.78 is 83.2. The summed E-state index contributed by atoms with van der Waals surface area (Å²) in [5.74, 6) is 0.505. The third-order valence-corrected chi connectivity index (χ3v) is 20.1. The molecule has 5 saturated carbocycles. The Kier molecular flexibility index (Phi) is 10.5. The Hall–Kier alpha value is -1.46. The molecule has 7 aliphatic rings. The zero-order valence-corrected chi connectivity index (χ0v) is 35.1. The lowest BCUT2D eigenvalue weighted by Crippen LogP contribution is -2.70. The highest BCUT2D eigenvalue weighted by Crippen LogP contribution is 2.77. The van der Waals surface area contributed by atoms with E-state index in [4.69, 9.17) is 0 Å². The van der Waals surface area contributed by atoms with Crippen LogP contribution < -0.4 is 5.32 Å². The van der Waals surface area contributed by atoms with Gasteiger partial charge < -0.3 is 5.11 Å². The predicted molar refractivity (Wildman–Crippen MR) is 209 cm³/mol. The van der Waals surface area contributed by atoms with Crippen LogP contribution in [0.5, 0.6) is 0 Å². The lowest BCUT2D eigenvalue weighted by atomic mass is 9.32. The lowest BCUT2D eigenvalue weighted by molar-refractivity contribution is -0.226. The van der Waals surface area contributed by atoms with E-state index in [2.05, 4.69) is 59.5 Å². The number of carbonyl (C=O) groups is 1. The van der Waals surface area contributed by atoms with Gasteiger partial charge in [0, 0.05) is 25.2 Å². The second-order valence-electron chi connectivity index (χ2n) is 21.1. The van der Waals surface area contributed by atoms with Crippen molar-refractivity contribution in [2.75, 3.05) is 37.8 Å². The van der Waals surface area contributed by atoms with Gasteiger partial charge in [-0.3, -0.25) is 15.0 Å². The van der Waals surface area contributed by atoms with Crippen molar-refractivity contribution >= 4 is 15.8 Å². The Balaban J connectivity index is 1.16. The minimum Gasteiger partial charge on any atom is -0.481 e. The molecule has 1 saturated heterocycles. The number of carboxylic acid groups (broad SMARTS) is 1. The summed E-state index contributed by atoms with van der Waals surface area (Å²) in [6.07, 6.45) is 8.58. The van der Waals surface area contributed by atoms with Gasteiger partial charge in [-0.2, -0.15) is 13.2 Å². The smallest absolute Gasteiger partial charge is 0.405 e. The van der Waals surface area contributed by atoms with Gasteiger partial charge >= 0.3 is 12.1 Å². The second-order valence-corrected chi connectivity index (χ2v) is 23.4. The highest BCUT2D eigenvalue weighted by atomic mass is 32.2. The van der Waals surface area contributed by atoms with Crippen molar-refractivity contribution in [1.29, 1.82) is 0 Å². The molecule has 6 nitrogen and oxygen atoms in total. The van der Waals surface area contributed by atoms with Crippen molar-refractivity contribution in [2.24, 2.45) is 62.6 Å². The molecule has 10 atom stereocenters. The molecular weight excluding hydrogens is 729 g/mol. The maximum Gasteiger partial charge on any atom is 0.405 e. The first kappa shape index (κ1) is 41.7. The van der Waals surface area contributed by atoms with E-state index >= 15 is 13.2 Å². The van der Waals surface area contributed by atoms with E-state index in [1.807, 2.05) is 0 Å². The summed E-state index contributed by atoms with van der Waals surface area (Å²) in [7, 11) is -3.20. The van der Waals surface area contributed by atoms with Gasteiger partial charge in [-0.1, -0.05) is 58.4 Å². The fraction of sp³-hybridized carbons (Fsp3) is 0.886. The third-order valence-electron chi connectivity index (χ3n) is 18.5. The molecule has 6 fully saturated rings. The zero-order chi connectivity index (χ0) is 40.2. The van der Waals surface area contributed by atoms with Gasteiger partial charge in [-0.05, 0) is 148 Å². The van der Waals surface area contributed by atoms with Crippen molar-refractivity contribution in [3.8, 4) is 0 Å². The van der Waals surface area contributed by atoms with Gasteiger partial charge in [-0.15, -0.1) is 0 Å². The normalized spacial score (nSPS) is 46.0. The number of hydrogen-bond acceptors (Lipinski definition) is 5. The average molecular weight is 797 g/mol. The number of carboxylic acids is 1. The second kappa shape index (κ2) is 13.8. The lowest BCUT2D eigenvalue weighted by Gasteiger charge is -2.72. The average Bonchev–Trinajstić information content (AvgIpc) is 3.48. The van der Waals surface area contributed by atoms with Crippen molar-refractivity contribution in [1.82, 2.24) is 10.2 Å². The standard InChI is InChI=1S/C44H68F4N2O4S/c1-28(2)30-12-19-43(49-35(44(46,47)48)26-50-22-24-55(53,54)25-23-50)21-20-40(6)32(36(30)43)8-9-34-39(5)15-13-31(38(3,4)33(39)14-16-41(34,40)7)29-10-17-42(27-45,18-11-29)37(51)52/h13,29-30,32-36,49H,1,8-12,14-27H2,2-7H3,(H,51,52)/t29?,30-,32+,33-,34+,35?,36+,39-,40+,41+,42?,43-/m0/s1. The molecule has 6 aliphatic carbocycles. The summed E-state index contributed by atoms with van der Waals surface area (Å²) in [6.45, 7) is 18.1. The number of alkyl halides is 4. The molecule has 0 aromatic rings. The van der Waals surface area contributed by atoms with E-state index in [1.165, 1.54) is 5.57 Å². The first-order valence-corrected chi connectivity index (χ1v) is 23.2. The van der Waals surface area contributed by atoms with Crippen LogP contribution in [0, 0.1) is 62.6 Å². The molecule has 1 heterocycles. The zero-order valence-electron chi connectivity index (χ0n) is 34.3. The highest BCUT2D eigenvalue weighted by molar-refractivity contribution is 7.91. The fourth-order valence-electron chi connectivity index (χ4n) is 15.4. The molecule has 0 aromatic heterocycles. The number of halogens is 4. The topological polar surface area (TPSA) is 86.7 Å². The van der Waals surface area contributed by atoms with Gasteiger partial charge in [0.15, 0.2) is 9.84 Å². The van der Waals surface area contributed by atoms with Gasteiger partial charge in [-0.25, -0.2) is 12.8 Å². The van der Waals surface area contributed by atoms with Crippen LogP contribution in [0.3, 0.4) is 0 Å². The van der Waals surface area contributed by atoms with E-state index in [0.717, 1.165) is 50.5 Å². The van der Waals surface area contributed by atoms with Crippen molar-refractivity contribution in [3.63, 3.8) is 0 Å². The van der Waals surface area contributed by atoms with Crippen LogP contribution in [-0.2, 0) is 14.6 Å². The number of sulfone groups is 1. The van der Waals surface area contributed by atoms with Crippen molar-refractivity contribution in [3.05, 3.63) is 23.8 Å². The van der Waals surface area contributed by atoms with E-state index in [-0.39, 0.29) is 76.5 Å². The number of aliphatic carboxylic acids is 1. The van der Waals surface area contributed by atoms with Crippen molar-refractivity contribution in [2.45, 2.75) is 143 Å². The number of nitrogens with one attached hydrogen (secondary N) is 1. The van der Waals surface area contributed by atoms with E-state index in [9.17, 15) is 22.7 Å². The number of fused-ring (bicyclic) bond motifs is 7. The van der Waals surface area contributed by atoms with Gasteiger partial charge in [0.2, 0.25) is 0 Å². The maximum atomic E-state index is 15.0. The summed E-state index contributed by atoms with van der Waals surface area (Å²) in [5.41, 5.74) is 0.605. The van der Waals surface area contributed by atoms with E-state index < -0.39 is 45.7 Å². The number of rotatable bonds is 8. The minimum absolute atomic E-state index is 0.0206. The molecule has 0 bridgehead atoms. The molecule has 55 heavy (non-hydrogen) atoms. The summed E-state index contributed by atoms with van der Waals surface area (Å²) in [6, 6.07) is -1.72. The van der Waals surface area contributed by atoms with Gasteiger partial charge in [0.05, 0.1) is 16.9 Å². The number of hydrogen-bond donors (Lipinski definition) is 2. The quantitative estimate of drug-likeness (QED) is 0.188. The molecule has 1 aliphatic heterocycles. The number of nitrogens with zero attached hydrogens (tertiary/aromatic N) is 1. The highest BCUT2D eigenvalue weighted by Gasteiger charge is 2.71. The molecule has 1 unspecified atom stereocenters. The first-order chi connectivity index (χ1) is 25.5. The van der Waals surface area contributed by atoms with Gasteiger partial charge in [0.25, 0.3) is 0 Å². The van der Waals surface area contributed by atoms with Crippen LogP contribution in [0.1, 0.15) is 125 Å². The Morgan fingerprint density at radius 2 is 1.58 bits per heavy atom. The summed E-state index contributed by atoms with van der Waals surface area (Å²) in [4.78, 5) is 13.7. The summed E-state index contributed by atoms with van der Waals surface area (Å²) >= 11 is 0. The van der Waals surface area contributed by atoms with Crippen LogP contribution in [0.25, 0.3) is 0 Å². The number of allylic oxidation sites excluding steroid dienone is 3. The Morgan fingerprint density at radius 1 is 0.927 bits per heavy atom. The first-order valence-electron chi connectivity index (χ1n) is 21.4. The molecule has 7 rings (SSSR count). The Morgan fingerprint density at radius 3 is 2.16 bits per heavy atom. The fourth-order valence-corrected chi connectivity index (χ4v) is 16.7. The predicted octanol–water partition coefficient (Wildman–Crippen LogP) is 9.41. The Bertz CT molecular complexity index is 1660. The molecule has 0 spiro atoms. The SMILES string of the molecule is C=C(C)[C@@H]1CC[C@]2(NC(CN3CCS(=O)(=O)CC3)C(F)(F)F)CC[C@]3(C)[C@H](CC[C@@H]4[C@@]5(C)CC=C(C6CCC(CF)(C(=O)O)CC6)C(C)(C)[C@@H]5CC[C@]43C)[C@@H]12. The van der Waals surface area contributed by atoms with Gasteiger partial charge in [0.1, 0.15) is 12.7 Å². The molecule has 2 N–H and O–H groups in total. The molecule has 0 amide bonds.